The van der Waals surface area contributed by atoms with Gasteiger partial charge >= 0.3 is 0 Å². The molecule has 0 bridgehead atoms. The maximum absolute atomic E-state index is 11.7. The minimum absolute atomic E-state index is 0.116. The van der Waals surface area contributed by atoms with Crippen molar-refractivity contribution in [2.24, 2.45) is 0 Å². The van der Waals surface area contributed by atoms with Crippen molar-refractivity contribution < 1.29 is 4.79 Å². The van der Waals surface area contributed by atoms with Crippen LogP contribution in [-0.2, 0) is 11.2 Å². The number of aromatic amines is 1. The third kappa shape index (κ3) is 4.30. The first-order chi connectivity index (χ1) is 9.46. The molecule has 20 heavy (non-hydrogen) atoms. The van der Waals surface area contributed by atoms with Crippen LogP contribution in [0.3, 0.4) is 0 Å². The Morgan fingerprint density at radius 2 is 2.05 bits per heavy atom. The molecule has 0 aliphatic heterocycles. The highest BCUT2D eigenvalue weighted by Gasteiger charge is 2.13. The number of amides is 1. The molecule has 1 heterocycles. The highest BCUT2D eigenvalue weighted by Crippen LogP contribution is 2.22. The second-order valence-electron chi connectivity index (χ2n) is 5.86. The van der Waals surface area contributed by atoms with Crippen molar-refractivity contribution in [2.45, 2.75) is 31.9 Å². The van der Waals surface area contributed by atoms with E-state index in [4.69, 9.17) is 0 Å². The topological polar surface area (TPSA) is 44.9 Å². The number of rotatable bonds is 5. The zero-order valence-corrected chi connectivity index (χ0v) is 13.1. The first-order valence-corrected chi connectivity index (χ1v) is 7.90. The molecule has 2 rings (SSSR count). The van der Waals surface area contributed by atoms with Crippen molar-refractivity contribution in [3.63, 3.8) is 0 Å². The Hall–Kier alpha value is -1.42. The number of thioether (sulfide) groups is 1. The first-order valence-electron chi connectivity index (χ1n) is 6.91. The molecule has 0 atom stereocenters. The van der Waals surface area contributed by atoms with E-state index in [-0.39, 0.29) is 10.7 Å². The number of nitrogens with one attached hydrogen (secondary N) is 2. The van der Waals surface area contributed by atoms with Gasteiger partial charge in [0, 0.05) is 28.4 Å². The van der Waals surface area contributed by atoms with Gasteiger partial charge in [-0.3, -0.25) is 4.79 Å². The van der Waals surface area contributed by atoms with Gasteiger partial charge < -0.3 is 10.3 Å². The molecule has 1 aromatic carbocycles. The Morgan fingerprint density at radius 1 is 1.30 bits per heavy atom. The molecule has 1 aromatic heterocycles. The first kappa shape index (κ1) is 15.0. The van der Waals surface area contributed by atoms with E-state index in [1.807, 2.05) is 18.3 Å². The normalized spacial score (nSPS) is 11.8. The number of H-pyrrole nitrogens is 1. The summed E-state index contributed by atoms with van der Waals surface area (Å²) in [5, 5.41) is 4.23. The average molecular weight is 290 g/mol. The SMILES string of the molecule is CC(C)(C)SCC(=O)NCCc1c[nH]c2ccccc12. The zero-order valence-electron chi connectivity index (χ0n) is 12.3. The fourth-order valence-corrected chi connectivity index (χ4v) is 2.67. The lowest BCUT2D eigenvalue weighted by molar-refractivity contribution is -0.118. The quantitative estimate of drug-likeness (QED) is 0.887. The number of aromatic nitrogens is 1. The second kappa shape index (κ2) is 6.35. The van der Waals surface area contributed by atoms with Crippen LogP contribution in [0.1, 0.15) is 26.3 Å². The third-order valence-corrected chi connectivity index (χ3v) is 4.30. The summed E-state index contributed by atoms with van der Waals surface area (Å²) >= 11 is 1.67. The Kier molecular flexibility index (Phi) is 4.76. The average Bonchev–Trinajstić information content (AvgIpc) is 2.79. The molecule has 0 saturated carbocycles. The van der Waals surface area contributed by atoms with E-state index in [0.29, 0.717) is 12.3 Å². The van der Waals surface area contributed by atoms with E-state index in [1.54, 1.807) is 11.8 Å². The maximum Gasteiger partial charge on any atom is 0.230 e. The van der Waals surface area contributed by atoms with Gasteiger partial charge in [-0.1, -0.05) is 39.0 Å². The van der Waals surface area contributed by atoms with Crippen LogP contribution >= 0.6 is 11.8 Å². The summed E-state index contributed by atoms with van der Waals surface area (Å²) in [5.74, 6) is 0.641. The van der Waals surface area contributed by atoms with Gasteiger partial charge in [-0.15, -0.1) is 11.8 Å². The fraction of sp³-hybridized carbons (Fsp3) is 0.438. The molecule has 0 spiro atoms. The molecule has 0 unspecified atom stereocenters. The van der Waals surface area contributed by atoms with Crippen molar-refractivity contribution in [3.8, 4) is 0 Å². The van der Waals surface area contributed by atoms with E-state index in [9.17, 15) is 4.79 Å². The largest absolute Gasteiger partial charge is 0.361 e. The number of carbonyl (C=O) groups excluding carboxylic acids is 1. The van der Waals surface area contributed by atoms with Crippen LogP contribution in [-0.4, -0.2) is 27.9 Å². The molecular formula is C16H22N2OS. The third-order valence-electron chi connectivity index (χ3n) is 3.03. The van der Waals surface area contributed by atoms with Gasteiger partial charge in [0.25, 0.3) is 0 Å². The summed E-state index contributed by atoms with van der Waals surface area (Å²) in [6.45, 7) is 7.05. The molecular weight excluding hydrogens is 268 g/mol. The summed E-state index contributed by atoms with van der Waals surface area (Å²) in [7, 11) is 0. The number of benzene rings is 1. The molecule has 3 nitrogen and oxygen atoms in total. The Bertz CT molecular complexity index is 583. The lowest BCUT2D eigenvalue weighted by atomic mass is 10.1. The van der Waals surface area contributed by atoms with Gasteiger partial charge in [-0.25, -0.2) is 0 Å². The molecule has 1 amide bonds. The molecule has 0 aliphatic carbocycles. The van der Waals surface area contributed by atoms with Gasteiger partial charge in [-0.2, -0.15) is 0 Å². The highest BCUT2D eigenvalue weighted by atomic mass is 32.2. The maximum atomic E-state index is 11.7. The second-order valence-corrected chi connectivity index (χ2v) is 7.66. The smallest absolute Gasteiger partial charge is 0.230 e. The van der Waals surface area contributed by atoms with Crippen LogP contribution in [0.15, 0.2) is 30.5 Å². The molecule has 2 N–H and O–H groups in total. The van der Waals surface area contributed by atoms with Gasteiger partial charge in [0.15, 0.2) is 0 Å². The van der Waals surface area contributed by atoms with Crippen LogP contribution < -0.4 is 5.32 Å². The van der Waals surface area contributed by atoms with E-state index >= 15 is 0 Å². The molecule has 0 radical (unpaired) electrons. The van der Waals surface area contributed by atoms with Crippen LogP contribution in [0.2, 0.25) is 0 Å². The summed E-state index contributed by atoms with van der Waals surface area (Å²) in [5.41, 5.74) is 2.40. The molecule has 2 aromatic rings. The van der Waals surface area contributed by atoms with Crippen molar-refractivity contribution in [1.29, 1.82) is 0 Å². The predicted octanol–water partition coefficient (Wildman–Crippen LogP) is 3.36. The summed E-state index contributed by atoms with van der Waals surface area (Å²) in [4.78, 5) is 15.0. The van der Waals surface area contributed by atoms with Gasteiger partial charge in [0.2, 0.25) is 5.91 Å². The summed E-state index contributed by atoms with van der Waals surface area (Å²) in [6.07, 6.45) is 2.89. The minimum Gasteiger partial charge on any atom is -0.361 e. The van der Waals surface area contributed by atoms with Crippen molar-refractivity contribution in [3.05, 3.63) is 36.0 Å². The van der Waals surface area contributed by atoms with E-state index in [2.05, 4.69) is 43.2 Å². The minimum atomic E-state index is 0.116. The van der Waals surface area contributed by atoms with Crippen LogP contribution in [0, 0.1) is 0 Å². The summed E-state index contributed by atoms with van der Waals surface area (Å²) in [6, 6.07) is 8.24. The van der Waals surface area contributed by atoms with Crippen LogP contribution in [0.5, 0.6) is 0 Å². The van der Waals surface area contributed by atoms with Crippen molar-refractivity contribution >= 4 is 28.6 Å². The van der Waals surface area contributed by atoms with E-state index < -0.39 is 0 Å². The zero-order chi connectivity index (χ0) is 14.6. The lowest BCUT2D eigenvalue weighted by Gasteiger charge is -2.16. The number of fused-ring (bicyclic) bond motifs is 1. The Morgan fingerprint density at radius 3 is 2.80 bits per heavy atom. The molecule has 4 heteroatoms. The van der Waals surface area contributed by atoms with Crippen LogP contribution in [0.4, 0.5) is 0 Å². The number of carbonyl (C=O) groups is 1. The molecule has 0 saturated heterocycles. The van der Waals surface area contributed by atoms with Gasteiger partial charge in [-0.05, 0) is 18.1 Å². The standard InChI is InChI=1S/C16H22N2OS/c1-16(2,3)20-11-15(19)17-9-8-12-10-18-14-7-5-4-6-13(12)14/h4-7,10,18H,8-9,11H2,1-3H3,(H,17,19). The summed E-state index contributed by atoms with van der Waals surface area (Å²) < 4.78 is 0.133. The van der Waals surface area contributed by atoms with Gasteiger partial charge in [0.1, 0.15) is 0 Å². The lowest BCUT2D eigenvalue weighted by Crippen LogP contribution is -2.28. The number of para-hydroxylation sites is 1. The van der Waals surface area contributed by atoms with Crippen molar-refractivity contribution in [1.82, 2.24) is 10.3 Å². The Labute approximate surface area is 124 Å². The number of hydrogen-bond acceptors (Lipinski definition) is 2. The molecule has 0 fully saturated rings. The van der Waals surface area contributed by atoms with Crippen LogP contribution in [0.25, 0.3) is 10.9 Å². The fourth-order valence-electron chi connectivity index (χ4n) is 2.01. The highest BCUT2D eigenvalue weighted by molar-refractivity contribution is 8.01. The van der Waals surface area contributed by atoms with E-state index in [1.165, 1.54) is 10.9 Å². The molecule has 108 valence electrons. The number of hydrogen-bond donors (Lipinski definition) is 2. The van der Waals surface area contributed by atoms with E-state index in [0.717, 1.165) is 11.9 Å². The predicted molar refractivity (Wildman–Crippen MR) is 87.2 cm³/mol. The monoisotopic (exact) mass is 290 g/mol. The molecule has 0 aliphatic rings. The van der Waals surface area contributed by atoms with Gasteiger partial charge in [0.05, 0.1) is 5.75 Å². The Balaban J connectivity index is 1.80. The van der Waals surface area contributed by atoms with Crippen molar-refractivity contribution in [2.75, 3.05) is 12.3 Å².